The van der Waals surface area contributed by atoms with Gasteiger partial charge in [-0.15, -0.1) is 0 Å². The van der Waals surface area contributed by atoms with Gasteiger partial charge in [-0.2, -0.15) is 5.10 Å². The number of furan rings is 1. The molecular weight excluding hydrogens is 396 g/mol. The normalized spacial score (nSPS) is 13.1. The predicted octanol–water partition coefficient (Wildman–Crippen LogP) is 6.27. The number of allylic oxidation sites excluding steroid dienone is 9. The highest BCUT2D eigenvalue weighted by atomic mass is 16.3. The summed E-state index contributed by atoms with van der Waals surface area (Å²) < 4.78 is 5.21. The van der Waals surface area contributed by atoms with Crippen molar-refractivity contribution in [1.82, 2.24) is 10.4 Å². The van der Waals surface area contributed by atoms with Crippen LogP contribution in [0.15, 0.2) is 142 Å². The van der Waals surface area contributed by atoms with Gasteiger partial charge in [0.25, 0.3) is 0 Å². The molecule has 0 unspecified atom stereocenters. The molecule has 0 saturated heterocycles. The van der Waals surface area contributed by atoms with E-state index < -0.39 is 0 Å². The maximum absolute atomic E-state index is 5.21. The van der Waals surface area contributed by atoms with Gasteiger partial charge in [-0.3, -0.25) is 10.4 Å². The van der Waals surface area contributed by atoms with E-state index >= 15 is 0 Å². The summed E-state index contributed by atoms with van der Waals surface area (Å²) in [4.78, 5) is 8.94. The van der Waals surface area contributed by atoms with Gasteiger partial charge in [0.15, 0.2) is 5.84 Å². The number of hydrazone groups is 1. The Kier molecular flexibility index (Phi) is 9.47. The smallest absolute Gasteiger partial charge is 0.172 e. The molecule has 2 aromatic heterocycles. The maximum Gasteiger partial charge on any atom is 0.172 e. The highest BCUT2D eigenvalue weighted by molar-refractivity contribution is 5.98. The van der Waals surface area contributed by atoms with E-state index in [0.29, 0.717) is 5.84 Å². The van der Waals surface area contributed by atoms with Crippen LogP contribution in [0.25, 0.3) is 6.08 Å². The molecule has 0 bridgehead atoms. The van der Waals surface area contributed by atoms with E-state index in [2.05, 4.69) is 20.5 Å². The second kappa shape index (κ2) is 13.7. The van der Waals surface area contributed by atoms with Crippen LogP contribution in [0.4, 0.5) is 5.69 Å². The van der Waals surface area contributed by atoms with Crippen molar-refractivity contribution in [3.8, 4) is 0 Å². The van der Waals surface area contributed by atoms with Crippen LogP contribution in [0.1, 0.15) is 11.5 Å². The number of aliphatic imine (C=N–C) groups is 1. The molecule has 0 aliphatic rings. The molecule has 0 aliphatic heterocycles. The highest BCUT2D eigenvalue weighted by Crippen LogP contribution is 2.11. The Morgan fingerprint density at radius 1 is 0.750 bits per heavy atom. The van der Waals surface area contributed by atoms with Crippen molar-refractivity contribution in [2.24, 2.45) is 10.1 Å². The van der Waals surface area contributed by atoms with Crippen LogP contribution in [0.5, 0.6) is 0 Å². The second-order valence-corrected chi connectivity index (χ2v) is 6.32. The van der Waals surface area contributed by atoms with Gasteiger partial charge in [0.2, 0.25) is 0 Å². The van der Waals surface area contributed by atoms with Gasteiger partial charge in [-0.25, -0.2) is 4.99 Å². The Morgan fingerprint density at radius 3 is 2.16 bits per heavy atom. The van der Waals surface area contributed by atoms with Gasteiger partial charge in [0, 0.05) is 12.4 Å². The fourth-order valence-corrected chi connectivity index (χ4v) is 2.45. The average Bonchev–Trinajstić information content (AvgIpc) is 3.36. The Labute approximate surface area is 188 Å². The molecule has 0 saturated carbocycles. The SMILES string of the molecule is C(/C=C/C=C/C=C/C=C/C=C/c1ccco1)=N/NC(=Nc1ccccc1)c1ccccn1. The lowest BCUT2D eigenvalue weighted by Gasteiger charge is -2.04. The van der Waals surface area contributed by atoms with Gasteiger partial charge < -0.3 is 4.42 Å². The average molecular weight is 421 g/mol. The molecule has 0 aliphatic carbocycles. The van der Waals surface area contributed by atoms with Crippen molar-refractivity contribution in [3.05, 3.63) is 139 Å². The Bertz CT molecular complexity index is 1120. The predicted molar refractivity (Wildman–Crippen MR) is 133 cm³/mol. The van der Waals surface area contributed by atoms with E-state index in [-0.39, 0.29) is 0 Å². The van der Waals surface area contributed by atoms with E-state index in [1.165, 1.54) is 0 Å². The Balaban J connectivity index is 1.46. The van der Waals surface area contributed by atoms with Crippen LogP contribution in [0, 0.1) is 0 Å². The first-order valence-electron chi connectivity index (χ1n) is 10.1. The lowest BCUT2D eigenvalue weighted by molar-refractivity contribution is 0.557. The minimum atomic E-state index is 0.577. The number of pyridine rings is 1. The lowest BCUT2D eigenvalue weighted by Crippen LogP contribution is -2.19. The fourth-order valence-electron chi connectivity index (χ4n) is 2.45. The molecule has 158 valence electrons. The molecule has 0 atom stereocenters. The van der Waals surface area contributed by atoms with Gasteiger partial charge in [-0.05, 0) is 48.6 Å². The maximum atomic E-state index is 5.21. The van der Waals surface area contributed by atoms with E-state index in [1.807, 2.05) is 121 Å². The third kappa shape index (κ3) is 8.47. The third-order valence-electron chi connectivity index (χ3n) is 3.93. The zero-order valence-corrected chi connectivity index (χ0v) is 17.5. The fraction of sp³-hybridized carbons (Fsp3) is 0. The zero-order chi connectivity index (χ0) is 22.1. The van der Waals surface area contributed by atoms with Crippen LogP contribution >= 0.6 is 0 Å². The van der Waals surface area contributed by atoms with Crippen LogP contribution in [0.3, 0.4) is 0 Å². The molecule has 1 aromatic carbocycles. The van der Waals surface area contributed by atoms with Crippen LogP contribution in [-0.4, -0.2) is 17.0 Å². The van der Waals surface area contributed by atoms with E-state index in [4.69, 9.17) is 4.42 Å². The summed E-state index contributed by atoms with van der Waals surface area (Å²) in [5.41, 5.74) is 4.51. The lowest BCUT2D eigenvalue weighted by atomic mass is 10.3. The van der Waals surface area contributed by atoms with E-state index in [9.17, 15) is 0 Å². The molecule has 3 rings (SSSR count). The largest absolute Gasteiger partial charge is 0.465 e. The van der Waals surface area contributed by atoms with Crippen molar-refractivity contribution < 1.29 is 4.42 Å². The summed E-state index contributed by atoms with van der Waals surface area (Å²) in [6.45, 7) is 0. The molecule has 5 heteroatoms. The first-order chi connectivity index (χ1) is 15.9. The second-order valence-electron chi connectivity index (χ2n) is 6.32. The van der Waals surface area contributed by atoms with Crippen molar-refractivity contribution in [3.63, 3.8) is 0 Å². The molecular formula is C27H24N4O. The summed E-state index contributed by atoms with van der Waals surface area (Å²) in [5.74, 6) is 1.41. The van der Waals surface area contributed by atoms with Crippen molar-refractivity contribution in [1.29, 1.82) is 0 Å². The topological polar surface area (TPSA) is 62.8 Å². The quantitative estimate of drug-likeness (QED) is 0.192. The molecule has 5 nitrogen and oxygen atoms in total. The summed E-state index contributed by atoms with van der Waals surface area (Å²) in [6, 6.07) is 19.1. The molecule has 0 fully saturated rings. The Hall–Kier alpha value is -4.51. The molecule has 3 aromatic rings. The van der Waals surface area contributed by atoms with Crippen LogP contribution in [0.2, 0.25) is 0 Å². The standard InChI is InChI=1S/C27H24N4O/c1(2-4-6-11-18-25-19-15-23-32-25)3-5-7-13-22-29-31-27(26-20-12-14-21-28-26)30-24-16-9-8-10-17-24/h1-23H,(H,30,31)/b2-1+,5-3+,6-4+,13-7+,18-11+,29-22-. The van der Waals surface area contributed by atoms with Gasteiger partial charge in [0.1, 0.15) is 11.5 Å². The number of hydrogen-bond acceptors (Lipinski definition) is 4. The zero-order valence-electron chi connectivity index (χ0n) is 17.5. The number of benzene rings is 1. The number of nitrogens with zero attached hydrogens (tertiary/aromatic N) is 3. The summed E-state index contributed by atoms with van der Waals surface area (Å²) in [5, 5.41) is 4.22. The Morgan fingerprint density at radius 2 is 1.47 bits per heavy atom. The molecule has 0 amide bonds. The number of nitrogens with one attached hydrogen (secondary N) is 1. The van der Waals surface area contributed by atoms with E-state index in [0.717, 1.165) is 17.1 Å². The van der Waals surface area contributed by atoms with Gasteiger partial charge in [-0.1, -0.05) is 72.9 Å². The van der Waals surface area contributed by atoms with Crippen molar-refractivity contribution in [2.45, 2.75) is 0 Å². The first kappa shape index (κ1) is 22.2. The minimum absolute atomic E-state index is 0.577. The third-order valence-corrected chi connectivity index (χ3v) is 3.93. The van der Waals surface area contributed by atoms with Crippen molar-refractivity contribution in [2.75, 3.05) is 0 Å². The summed E-state index contributed by atoms with van der Waals surface area (Å²) in [6.07, 6.45) is 24.2. The number of aromatic nitrogens is 1. The number of rotatable bonds is 9. The molecule has 0 radical (unpaired) electrons. The van der Waals surface area contributed by atoms with E-state index in [1.54, 1.807) is 18.7 Å². The first-order valence-corrected chi connectivity index (χ1v) is 10.1. The van der Waals surface area contributed by atoms with Gasteiger partial charge >= 0.3 is 0 Å². The monoisotopic (exact) mass is 420 g/mol. The number of amidine groups is 1. The van der Waals surface area contributed by atoms with Crippen LogP contribution in [-0.2, 0) is 0 Å². The minimum Gasteiger partial charge on any atom is -0.465 e. The van der Waals surface area contributed by atoms with Crippen molar-refractivity contribution >= 4 is 23.8 Å². The molecule has 1 N–H and O–H groups in total. The van der Waals surface area contributed by atoms with Crippen LogP contribution < -0.4 is 5.43 Å². The highest BCUT2D eigenvalue weighted by Gasteiger charge is 2.03. The number of hydrogen-bond donors (Lipinski definition) is 1. The number of para-hydroxylation sites is 1. The molecule has 32 heavy (non-hydrogen) atoms. The van der Waals surface area contributed by atoms with Gasteiger partial charge in [0.05, 0.1) is 12.0 Å². The summed E-state index contributed by atoms with van der Waals surface area (Å²) in [7, 11) is 0. The molecule has 2 heterocycles. The summed E-state index contributed by atoms with van der Waals surface area (Å²) >= 11 is 0. The molecule has 0 spiro atoms.